The van der Waals surface area contributed by atoms with Gasteiger partial charge in [0.1, 0.15) is 0 Å². The van der Waals surface area contributed by atoms with Crippen LogP contribution >= 0.6 is 11.6 Å². The van der Waals surface area contributed by atoms with Gasteiger partial charge in [-0.05, 0) is 44.2 Å². The van der Waals surface area contributed by atoms with Crippen LogP contribution < -0.4 is 0 Å². The summed E-state index contributed by atoms with van der Waals surface area (Å²) in [5.41, 5.74) is 1.03. The fourth-order valence-corrected chi connectivity index (χ4v) is 4.86. The average molecular weight is 301 g/mol. The SMILES string of the molecule is Cc1ccc(S(=O)(=O)OC2CC3CCC2C3Cl)cc1. The molecule has 0 N–H and O–H groups in total. The molecule has 0 spiro atoms. The summed E-state index contributed by atoms with van der Waals surface area (Å²) in [7, 11) is -3.66. The van der Waals surface area contributed by atoms with E-state index >= 15 is 0 Å². The second-order valence-electron chi connectivity index (χ2n) is 5.58. The van der Waals surface area contributed by atoms with Crippen molar-refractivity contribution in [3.05, 3.63) is 29.8 Å². The topological polar surface area (TPSA) is 43.4 Å². The van der Waals surface area contributed by atoms with Gasteiger partial charge in [0.25, 0.3) is 10.1 Å². The van der Waals surface area contributed by atoms with E-state index in [-0.39, 0.29) is 22.3 Å². The Morgan fingerprint density at radius 2 is 1.89 bits per heavy atom. The van der Waals surface area contributed by atoms with E-state index in [2.05, 4.69) is 0 Å². The van der Waals surface area contributed by atoms with Gasteiger partial charge in [-0.3, -0.25) is 4.18 Å². The van der Waals surface area contributed by atoms with Crippen molar-refractivity contribution in [2.75, 3.05) is 0 Å². The number of fused-ring (bicyclic) bond motifs is 2. The number of alkyl halides is 1. The van der Waals surface area contributed by atoms with Crippen LogP contribution in [0.1, 0.15) is 24.8 Å². The van der Waals surface area contributed by atoms with E-state index in [1.807, 2.05) is 6.92 Å². The lowest BCUT2D eigenvalue weighted by Crippen LogP contribution is -2.25. The van der Waals surface area contributed by atoms with Gasteiger partial charge in [-0.15, -0.1) is 11.6 Å². The molecule has 0 aliphatic heterocycles. The maximum atomic E-state index is 12.2. The number of rotatable bonds is 3. The summed E-state index contributed by atoms with van der Waals surface area (Å²) in [6, 6.07) is 6.74. The molecule has 2 saturated carbocycles. The van der Waals surface area contributed by atoms with Crippen LogP contribution in [0.15, 0.2) is 29.2 Å². The summed E-state index contributed by atoms with van der Waals surface area (Å²) in [6.07, 6.45) is 2.60. The first-order chi connectivity index (χ1) is 8.97. The Labute approximate surface area is 119 Å². The van der Waals surface area contributed by atoms with E-state index in [9.17, 15) is 8.42 Å². The number of hydrogen-bond acceptors (Lipinski definition) is 3. The molecule has 19 heavy (non-hydrogen) atoms. The highest BCUT2D eigenvalue weighted by Crippen LogP contribution is 2.49. The lowest BCUT2D eigenvalue weighted by atomic mass is 9.98. The highest BCUT2D eigenvalue weighted by atomic mass is 35.5. The lowest BCUT2D eigenvalue weighted by molar-refractivity contribution is 0.146. The fourth-order valence-electron chi connectivity index (χ4n) is 3.22. The molecule has 0 amide bonds. The van der Waals surface area contributed by atoms with Gasteiger partial charge in [0.05, 0.1) is 11.0 Å². The Morgan fingerprint density at radius 3 is 2.42 bits per heavy atom. The van der Waals surface area contributed by atoms with Gasteiger partial charge in [0.2, 0.25) is 0 Å². The third-order valence-corrected chi connectivity index (χ3v) is 6.33. The third-order valence-electron chi connectivity index (χ3n) is 4.30. The second-order valence-corrected chi connectivity index (χ2v) is 7.66. The van der Waals surface area contributed by atoms with Crippen molar-refractivity contribution < 1.29 is 12.6 Å². The normalized spacial score (nSPS) is 33.8. The van der Waals surface area contributed by atoms with Crippen molar-refractivity contribution in [1.29, 1.82) is 0 Å². The van der Waals surface area contributed by atoms with Gasteiger partial charge in [0.15, 0.2) is 0 Å². The van der Waals surface area contributed by atoms with Crippen LogP contribution in [0.5, 0.6) is 0 Å². The van der Waals surface area contributed by atoms with E-state index in [0.717, 1.165) is 24.8 Å². The minimum Gasteiger partial charge on any atom is -0.263 e. The van der Waals surface area contributed by atoms with E-state index in [1.165, 1.54) is 0 Å². The third kappa shape index (κ3) is 2.41. The Balaban J connectivity index is 1.78. The van der Waals surface area contributed by atoms with Gasteiger partial charge in [-0.25, -0.2) is 0 Å². The summed E-state index contributed by atoms with van der Waals surface area (Å²) in [5.74, 6) is 0.608. The molecule has 0 heterocycles. The van der Waals surface area contributed by atoms with Crippen molar-refractivity contribution in [1.82, 2.24) is 0 Å². The molecule has 0 radical (unpaired) electrons. The summed E-state index contributed by atoms with van der Waals surface area (Å²) >= 11 is 6.29. The minimum absolute atomic E-state index is 0.0817. The Hall–Kier alpha value is -0.580. The van der Waals surface area contributed by atoms with Gasteiger partial charge in [-0.1, -0.05) is 17.7 Å². The molecule has 5 heteroatoms. The monoisotopic (exact) mass is 300 g/mol. The molecular formula is C14H17ClO3S. The largest absolute Gasteiger partial charge is 0.297 e. The Kier molecular flexibility index (Phi) is 3.36. The van der Waals surface area contributed by atoms with Crippen molar-refractivity contribution in [2.24, 2.45) is 11.8 Å². The smallest absolute Gasteiger partial charge is 0.263 e. The molecule has 1 aromatic rings. The summed E-state index contributed by atoms with van der Waals surface area (Å²) in [5, 5.41) is 0.0817. The van der Waals surface area contributed by atoms with Gasteiger partial charge in [-0.2, -0.15) is 8.42 Å². The molecule has 0 saturated heterocycles. The molecular weight excluding hydrogens is 284 g/mol. The van der Waals surface area contributed by atoms with Gasteiger partial charge >= 0.3 is 0 Å². The van der Waals surface area contributed by atoms with E-state index in [1.54, 1.807) is 24.3 Å². The van der Waals surface area contributed by atoms with Crippen LogP contribution in [-0.4, -0.2) is 19.9 Å². The van der Waals surface area contributed by atoms with Crippen molar-refractivity contribution in [2.45, 2.75) is 42.6 Å². The van der Waals surface area contributed by atoms with Crippen molar-refractivity contribution in [3.63, 3.8) is 0 Å². The molecule has 104 valence electrons. The molecule has 2 bridgehead atoms. The molecule has 3 nitrogen and oxygen atoms in total. The van der Waals surface area contributed by atoms with Crippen LogP contribution in [-0.2, 0) is 14.3 Å². The van der Waals surface area contributed by atoms with Gasteiger partial charge in [0, 0.05) is 11.3 Å². The maximum Gasteiger partial charge on any atom is 0.297 e. The van der Waals surface area contributed by atoms with Crippen molar-refractivity contribution in [3.8, 4) is 0 Å². The quantitative estimate of drug-likeness (QED) is 0.636. The predicted octanol–water partition coefficient (Wildman–Crippen LogP) is 3.11. The zero-order chi connectivity index (χ0) is 13.6. The van der Waals surface area contributed by atoms with Crippen LogP contribution in [0, 0.1) is 18.8 Å². The van der Waals surface area contributed by atoms with Gasteiger partial charge < -0.3 is 0 Å². The Bertz CT molecular complexity index is 567. The fraction of sp³-hybridized carbons (Fsp3) is 0.571. The van der Waals surface area contributed by atoms with E-state index in [0.29, 0.717) is 5.92 Å². The highest BCUT2D eigenvalue weighted by molar-refractivity contribution is 7.86. The molecule has 2 fully saturated rings. The first-order valence-corrected chi connectivity index (χ1v) is 8.46. The number of benzene rings is 1. The van der Waals surface area contributed by atoms with Crippen LogP contribution in [0.4, 0.5) is 0 Å². The predicted molar refractivity (Wildman–Crippen MR) is 73.7 cm³/mol. The molecule has 2 aliphatic rings. The molecule has 4 atom stereocenters. The zero-order valence-corrected chi connectivity index (χ0v) is 12.3. The van der Waals surface area contributed by atoms with Crippen LogP contribution in [0.2, 0.25) is 0 Å². The second kappa shape index (κ2) is 4.76. The number of hydrogen-bond donors (Lipinski definition) is 0. The minimum atomic E-state index is -3.66. The molecule has 3 rings (SSSR count). The maximum absolute atomic E-state index is 12.2. The molecule has 1 aromatic carbocycles. The zero-order valence-electron chi connectivity index (χ0n) is 10.8. The summed E-state index contributed by atoms with van der Waals surface area (Å²) in [6.45, 7) is 1.92. The first kappa shape index (κ1) is 13.4. The molecule has 0 aromatic heterocycles. The summed E-state index contributed by atoms with van der Waals surface area (Å²) in [4.78, 5) is 0.229. The number of aryl methyl sites for hydroxylation is 1. The number of halogens is 1. The van der Waals surface area contributed by atoms with Crippen LogP contribution in [0.25, 0.3) is 0 Å². The first-order valence-electron chi connectivity index (χ1n) is 6.61. The summed E-state index contributed by atoms with van der Waals surface area (Å²) < 4.78 is 29.9. The Morgan fingerprint density at radius 1 is 1.21 bits per heavy atom. The standard InChI is InChI=1S/C14H17ClO3S/c1-9-2-5-11(6-3-9)19(16,17)18-13-8-10-4-7-12(13)14(10)15/h2-3,5-6,10,12-14H,4,7-8H2,1H3. The van der Waals surface area contributed by atoms with E-state index < -0.39 is 10.1 Å². The molecule has 2 aliphatic carbocycles. The molecule has 4 unspecified atom stereocenters. The highest BCUT2D eigenvalue weighted by Gasteiger charge is 2.49. The van der Waals surface area contributed by atoms with Crippen LogP contribution in [0.3, 0.4) is 0 Å². The van der Waals surface area contributed by atoms with E-state index in [4.69, 9.17) is 15.8 Å². The van der Waals surface area contributed by atoms with Crippen molar-refractivity contribution >= 4 is 21.7 Å². The lowest BCUT2D eigenvalue weighted by Gasteiger charge is -2.21. The average Bonchev–Trinajstić information content (AvgIpc) is 2.84.